The zero-order valence-electron chi connectivity index (χ0n) is 13.2. The summed E-state index contributed by atoms with van der Waals surface area (Å²) < 4.78 is 5.22. The fourth-order valence-corrected chi connectivity index (χ4v) is 3.00. The largest absolute Gasteiger partial charge is 0.385 e. The van der Waals surface area contributed by atoms with Gasteiger partial charge in [-0.15, -0.1) is 0 Å². The van der Waals surface area contributed by atoms with Crippen LogP contribution in [0.15, 0.2) is 24.3 Å². The molecule has 0 bridgehead atoms. The molecule has 2 nitrogen and oxygen atoms in total. The maximum Gasteiger partial charge on any atom is 0.0467 e. The summed E-state index contributed by atoms with van der Waals surface area (Å²) in [7, 11) is 1.78. The minimum absolute atomic E-state index is 0.289. The van der Waals surface area contributed by atoms with Crippen molar-refractivity contribution in [2.24, 2.45) is 5.41 Å². The van der Waals surface area contributed by atoms with E-state index in [2.05, 4.69) is 43.4 Å². The van der Waals surface area contributed by atoms with Gasteiger partial charge in [-0.05, 0) is 42.2 Å². The predicted octanol–water partition coefficient (Wildman–Crippen LogP) is 4.11. The van der Waals surface area contributed by atoms with Gasteiger partial charge in [-0.1, -0.05) is 44.5 Å². The first-order valence-corrected chi connectivity index (χ1v) is 7.92. The van der Waals surface area contributed by atoms with Crippen LogP contribution in [0.1, 0.15) is 56.7 Å². The van der Waals surface area contributed by atoms with Crippen LogP contribution in [-0.2, 0) is 11.2 Å². The third-order valence-electron chi connectivity index (χ3n) is 4.43. The molecule has 0 fully saturated rings. The Kier molecular flexibility index (Phi) is 5.62. The van der Waals surface area contributed by atoms with Crippen LogP contribution in [0.3, 0.4) is 0 Å². The summed E-state index contributed by atoms with van der Waals surface area (Å²) in [6, 6.07) is 9.47. The number of hydrogen-bond acceptors (Lipinski definition) is 2. The minimum Gasteiger partial charge on any atom is -0.385 e. The van der Waals surface area contributed by atoms with E-state index >= 15 is 0 Å². The lowest BCUT2D eigenvalue weighted by Crippen LogP contribution is -2.33. The molecule has 1 aliphatic carbocycles. The van der Waals surface area contributed by atoms with E-state index in [9.17, 15) is 0 Å². The van der Waals surface area contributed by atoms with E-state index in [4.69, 9.17) is 4.74 Å². The Balaban J connectivity index is 1.99. The average molecular weight is 275 g/mol. The molecule has 1 aliphatic rings. The second-order valence-electron chi connectivity index (χ2n) is 6.79. The van der Waals surface area contributed by atoms with Crippen molar-refractivity contribution in [2.45, 2.75) is 52.0 Å². The number of ether oxygens (including phenoxy) is 1. The highest BCUT2D eigenvalue weighted by Gasteiger charge is 2.22. The first-order valence-electron chi connectivity index (χ1n) is 7.92. The summed E-state index contributed by atoms with van der Waals surface area (Å²) in [6.07, 6.45) is 6.25. The lowest BCUT2D eigenvalue weighted by atomic mass is 9.88. The first kappa shape index (κ1) is 15.5. The minimum atomic E-state index is 0.289. The molecule has 1 atom stereocenters. The van der Waals surface area contributed by atoms with Crippen molar-refractivity contribution in [3.05, 3.63) is 35.4 Å². The molecule has 0 heterocycles. The molecule has 0 radical (unpaired) electrons. The van der Waals surface area contributed by atoms with Crippen LogP contribution in [0.5, 0.6) is 0 Å². The van der Waals surface area contributed by atoms with Gasteiger partial charge in [0, 0.05) is 26.3 Å². The Labute approximate surface area is 123 Å². The highest BCUT2D eigenvalue weighted by atomic mass is 16.5. The van der Waals surface area contributed by atoms with Crippen LogP contribution in [0, 0.1) is 5.41 Å². The molecule has 0 saturated heterocycles. The topological polar surface area (TPSA) is 21.3 Å². The molecule has 1 unspecified atom stereocenters. The molecular formula is C18H29NO. The number of methoxy groups -OCH3 is 1. The van der Waals surface area contributed by atoms with Crippen LogP contribution < -0.4 is 5.32 Å². The monoisotopic (exact) mass is 275 g/mol. The van der Waals surface area contributed by atoms with Crippen LogP contribution in [0.4, 0.5) is 0 Å². The van der Waals surface area contributed by atoms with Gasteiger partial charge in [0.15, 0.2) is 0 Å². The number of fused-ring (bicyclic) bond motifs is 1. The molecule has 20 heavy (non-hydrogen) atoms. The number of nitrogens with one attached hydrogen (secondary N) is 1. The zero-order chi connectivity index (χ0) is 14.4. The molecule has 112 valence electrons. The lowest BCUT2D eigenvalue weighted by Gasteiger charge is -2.28. The van der Waals surface area contributed by atoms with E-state index in [1.807, 2.05) is 0 Å². The van der Waals surface area contributed by atoms with Gasteiger partial charge < -0.3 is 10.1 Å². The fraction of sp³-hybridized carbons (Fsp3) is 0.667. The van der Waals surface area contributed by atoms with Crippen molar-refractivity contribution in [1.82, 2.24) is 5.32 Å². The van der Waals surface area contributed by atoms with Crippen molar-refractivity contribution in [3.63, 3.8) is 0 Å². The summed E-state index contributed by atoms with van der Waals surface area (Å²) >= 11 is 0. The molecule has 0 spiro atoms. The van der Waals surface area contributed by atoms with Gasteiger partial charge in [0.2, 0.25) is 0 Å². The van der Waals surface area contributed by atoms with E-state index in [-0.39, 0.29) is 5.41 Å². The maximum absolute atomic E-state index is 5.22. The molecule has 0 aliphatic heterocycles. The maximum atomic E-state index is 5.22. The van der Waals surface area contributed by atoms with Crippen molar-refractivity contribution in [2.75, 3.05) is 20.3 Å². The normalized spacial score (nSPS) is 19.4. The van der Waals surface area contributed by atoms with Crippen molar-refractivity contribution in [3.8, 4) is 0 Å². The van der Waals surface area contributed by atoms with Crippen molar-refractivity contribution < 1.29 is 4.74 Å². The van der Waals surface area contributed by atoms with Gasteiger partial charge in [0.05, 0.1) is 0 Å². The summed E-state index contributed by atoms with van der Waals surface area (Å²) in [5.41, 5.74) is 3.35. The third-order valence-corrected chi connectivity index (χ3v) is 4.43. The average Bonchev–Trinajstić information content (AvgIpc) is 2.65. The molecule has 1 N–H and O–H groups in total. The molecule has 0 saturated carbocycles. The molecule has 0 amide bonds. The number of rotatable bonds is 6. The van der Waals surface area contributed by atoms with E-state index < -0.39 is 0 Å². The second-order valence-corrected chi connectivity index (χ2v) is 6.79. The van der Waals surface area contributed by atoms with Gasteiger partial charge in [-0.2, -0.15) is 0 Å². The lowest BCUT2D eigenvalue weighted by molar-refractivity contribution is 0.148. The number of aryl methyl sites for hydroxylation is 1. The van der Waals surface area contributed by atoms with Gasteiger partial charge in [-0.3, -0.25) is 0 Å². The highest BCUT2D eigenvalue weighted by molar-refractivity contribution is 5.31. The molecule has 2 heteroatoms. The van der Waals surface area contributed by atoms with Crippen molar-refractivity contribution >= 4 is 0 Å². The highest BCUT2D eigenvalue weighted by Crippen LogP contribution is 2.29. The molecule has 0 aromatic heterocycles. The molecular weight excluding hydrogens is 246 g/mol. The second kappa shape index (κ2) is 7.24. The third kappa shape index (κ3) is 4.32. The number of hydrogen-bond donors (Lipinski definition) is 1. The van der Waals surface area contributed by atoms with Gasteiger partial charge in [0.1, 0.15) is 0 Å². The Morgan fingerprint density at radius 2 is 2.05 bits per heavy atom. The fourth-order valence-electron chi connectivity index (χ4n) is 3.00. The quantitative estimate of drug-likeness (QED) is 0.789. The van der Waals surface area contributed by atoms with Gasteiger partial charge in [0.25, 0.3) is 0 Å². The van der Waals surface area contributed by atoms with Crippen LogP contribution in [-0.4, -0.2) is 20.3 Å². The van der Waals surface area contributed by atoms with Gasteiger partial charge >= 0.3 is 0 Å². The standard InChI is InChI=1S/C18H29NO/c1-18(2,12-13-20-3)14-19-17-11-7-5-9-15-8-4-6-10-16(15)17/h4,6,8,10,17,19H,5,7,9,11-14H2,1-3H3. The molecule has 2 rings (SSSR count). The van der Waals surface area contributed by atoms with E-state index in [1.54, 1.807) is 7.11 Å². The number of benzene rings is 1. The SMILES string of the molecule is COCCC(C)(C)CNC1CCCCc2ccccc21. The smallest absolute Gasteiger partial charge is 0.0467 e. The summed E-state index contributed by atoms with van der Waals surface area (Å²) in [4.78, 5) is 0. The van der Waals surface area contributed by atoms with Crippen LogP contribution >= 0.6 is 0 Å². The predicted molar refractivity (Wildman–Crippen MR) is 85.0 cm³/mol. The van der Waals surface area contributed by atoms with Crippen LogP contribution in [0.2, 0.25) is 0 Å². The first-order chi connectivity index (χ1) is 9.62. The summed E-state index contributed by atoms with van der Waals surface area (Å²) in [5, 5.41) is 3.81. The van der Waals surface area contributed by atoms with E-state index in [0.29, 0.717) is 6.04 Å². The molecule has 1 aromatic carbocycles. The summed E-state index contributed by atoms with van der Waals surface area (Å²) in [6.45, 7) is 6.54. The Morgan fingerprint density at radius 3 is 2.85 bits per heavy atom. The summed E-state index contributed by atoms with van der Waals surface area (Å²) in [5.74, 6) is 0. The van der Waals surface area contributed by atoms with Crippen LogP contribution in [0.25, 0.3) is 0 Å². The Bertz CT molecular complexity index is 414. The molecule has 1 aromatic rings. The Hall–Kier alpha value is -0.860. The van der Waals surface area contributed by atoms with E-state index in [0.717, 1.165) is 19.6 Å². The Morgan fingerprint density at radius 1 is 1.25 bits per heavy atom. The zero-order valence-corrected chi connectivity index (χ0v) is 13.2. The van der Waals surface area contributed by atoms with Gasteiger partial charge in [-0.25, -0.2) is 0 Å². The van der Waals surface area contributed by atoms with Crippen molar-refractivity contribution in [1.29, 1.82) is 0 Å². The van der Waals surface area contributed by atoms with E-state index in [1.165, 1.54) is 36.8 Å².